The van der Waals surface area contributed by atoms with Gasteiger partial charge in [0.25, 0.3) is 0 Å². The highest BCUT2D eigenvalue weighted by molar-refractivity contribution is 7.11. The highest BCUT2D eigenvalue weighted by Gasteiger charge is 2.03. The Morgan fingerprint density at radius 1 is 1.30 bits per heavy atom. The van der Waals surface area contributed by atoms with Gasteiger partial charge in [-0.3, -0.25) is 4.99 Å². The molecule has 0 radical (unpaired) electrons. The van der Waals surface area contributed by atoms with Crippen molar-refractivity contribution in [3.05, 3.63) is 45.9 Å². The SMILES string of the molecule is CN=C(NCc1cccc(OC(C)C)c1)NCc1ncc(C)s1. The van der Waals surface area contributed by atoms with Gasteiger partial charge in [-0.1, -0.05) is 12.1 Å². The van der Waals surface area contributed by atoms with Crippen LogP contribution in [0.25, 0.3) is 0 Å². The second-order valence-electron chi connectivity index (χ2n) is 5.46. The topological polar surface area (TPSA) is 58.5 Å². The lowest BCUT2D eigenvalue weighted by Crippen LogP contribution is -2.36. The van der Waals surface area contributed by atoms with Gasteiger partial charge in [0.2, 0.25) is 0 Å². The summed E-state index contributed by atoms with van der Waals surface area (Å²) in [6.45, 7) is 7.47. The van der Waals surface area contributed by atoms with Gasteiger partial charge in [-0.05, 0) is 38.5 Å². The molecule has 2 N–H and O–H groups in total. The predicted octanol–water partition coefficient (Wildman–Crippen LogP) is 3.10. The third-order valence-electron chi connectivity index (χ3n) is 3.03. The molecule has 0 saturated heterocycles. The molecule has 124 valence electrons. The first-order valence-electron chi connectivity index (χ1n) is 7.68. The number of thiazole rings is 1. The zero-order valence-corrected chi connectivity index (χ0v) is 14.9. The number of rotatable bonds is 6. The summed E-state index contributed by atoms with van der Waals surface area (Å²) in [5.41, 5.74) is 1.15. The van der Waals surface area contributed by atoms with Gasteiger partial charge in [0.1, 0.15) is 10.8 Å². The third-order valence-corrected chi connectivity index (χ3v) is 3.94. The average Bonchev–Trinajstić information content (AvgIpc) is 2.93. The first-order valence-corrected chi connectivity index (χ1v) is 8.50. The fourth-order valence-electron chi connectivity index (χ4n) is 2.05. The Morgan fingerprint density at radius 2 is 2.09 bits per heavy atom. The van der Waals surface area contributed by atoms with Crippen molar-refractivity contribution in [3.63, 3.8) is 0 Å². The van der Waals surface area contributed by atoms with E-state index in [9.17, 15) is 0 Å². The van der Waals surface area contributed by atoms with Crippen molar-refractivity contribution in [2.24, 2.45) is 4.99 Å². The highest BCUT2D eigenvalue weighted by atomic mass is 32.1. The molecule has 0 aliphatic carbocycles. The number of nitrogens with zero attached hydrogens (tertiary/aromatic N) is 2. The van der Waals surface area contributed by atoms with Gasteiger partial charge in [0.15, 0.2) is 5.96 Å². The number of aliphatic imine (C=N–C) groups is 1. The molecule has 0 atom stereocenters. The second kappa shape index (κ2) is 8.53. The Hall–Kier alpha value is -2.08. The number of aromatic nitrogens is 1. The van der Waals surface area contributed by atoms with E-state index < -0.39 is 0 Å². The maximum atomic E-state index is 5.72. The molecule has 1 heterocycles. The van der Waals surface area contributed by atoms with E-state index in [0.717, 1.165) is 22.3 Å². The summed E-state index contributed by atoms with van der Waals surface area (Å²) >= 11 is 1.69. The summed E-state index contributed by atoms with van der Waals surface area (Å²) in [5.74, 6) is 1.65. The molecule has 0 fully saturated rings. The number of hydrogen-bond donors (Lipinski definition) is 2. The van der Waals surface area contributed by atoms with Crippen LogP contribution in [0, 0.1) is 6.92 Å². The lowest BCUT2D eigenvalue weighted by atomic mass is 10.2. The molecule has 1 aromatic heterocycles. The lowest BCUT2D eigenvalue weighted by Gasteiger charge is -2.13. The maximum absolute atomic E-state index is 5.72. The van der Waals surface area contributed by atoms with E-state index in [1.54, 1.807) is 18.4 Å². The minimum absolute atomic E-state index is 0.175. The number of nitrogens with one attached hydrogen (secondary N) is 2. The number of benzene rings is 1. The van der Waals surface area contributed by atoms with Gasteiger partial charge in [0.05, 0.1) is 12.6 Å². The fourth-order valence-corrected chi connectivity index (χ4v) is 2.78. The molecule has 1 aromatic carbocycles. The van der Waals surface area contributed by atoms with E-state index in [1.165, 1.54) is 4.88 Å². The molecule has 0 bridgehead atoms. The van der Waals surface area contributed by atoms with Crippen LogP contribution in [0.4, 0.5) is 0 Å². The van der Waals surface area contributed by atoms with E-state index in [0.29, 0.717) is 13.1 Å². The first kappa shape index (κ1) is 17.3. The standard InChI is InChI=1S/C17H24N4OS/c1-12(2)22-15-7-5-6-14(8-15)10-20-17(18-4)21-11-16-19-9-13(3)23-16/h5-9,12H,10-11H2,1-4H3,(H2,18,20,21). The van der Waals surface area contributed by atoms with Gasteiger partial charge >= 0.3 is 0 Å². The largest absolute Gasteiger partial charge is 0.491 e. The van der Waals surface area contributed by atoms with Crippen LogP contribution >= 0.6 is 11.3 Å². The molecule has 23 heavy (non-hydrogen) atoms. The van der Waals surface area contributed by atoms with Gasteiger partial charge in [-0.15, -0.1) is 11.3 Å². The number of hydrogen-bond acceptors (Lipinski definition) is 4. The summed E-state index contributed by atoms with van der Waals surface area (Å²) < 4.78 is 5.72. The highest BCUT2D eigenvalue weighted by Crippen LogP contribution is 2.15. The van der Waals surface area contributed by atoms with Crippen molar-refractivity contribution in [1.29, 1.82) is 0 Å². The van der Waals surface area contributed by atoms with Crippen LogP contribution in [-0.4, -0.2) is 24.1 Å². The minimum atomic E-state index is 0.175. The van der Waals surface area contributed by atoms with Crippen molar-refractivity contribution < 1.29 is 4.74 Å². The average molecular weight is 332 g/mol. The van der Waals surface area contributed by atoms with Crippen LogP contribution in [0.1, 0.15) is 29.3 Å². The number of aryl methyl sites for hydroxylation is 1. The third kappa shape index (κ3) is 5.90. The summed E-state index contributed by atoms with van der Waals surface area (Å²) in [6, 6.07) is 8.09. The van der Waals surface area contributed by atoms with Crippen LogP contribution in [-0.2, 0) is 13.1 Å². The molecule has 0 spiro atoms. The molecule has 0 unspecified atom stereocenters. The van der Waals surface area contributed by atoms with Crippen LogP contribution in [0.3, 0.4) is 0 Å². The summed E-state index contributed by atoms with van der Waals surface area (Å²) in [4.78, 5) is 9.79. The summed E-state index contributed by atoms with van der Waals surface area (Å²) in [7, 11) is 1.76. The van der Waals surface area contributed by atoms with E-state index >= 15 is 0 Å². The van der Waals surface area contributed by atoms with Crippen molar-refractivity contribution in [1.82, 2.24) is 15.6 Å². The zero-order valence-electron chi connectivity index (χ0n) is 14.1. The Morgan fingerprint density at radius 3 is 2.74 bits per heavy atom. The van der Waals surface area contributed by atoms with E-state index in [4.69, 9.17) is 4.74 Å². The quantitative estimate of drug-likeness (QED) is 0.630. The molecule has 0 amide bonds. The number of ether oxygens (including phenoxy) is 1. The van der Waals surface area contributed by atoms with Crippen LogP contribution in [0.2, 0.25) is 0 Å². The molecule has 0 aliphatic rings. The first-order chi connectivity index (χ1) is 11.1. The van der Waals surface area contributed by atoms with Gasteiger partial charge in [-0.25, -0.2) is 4.98 Å². The van der Waals surface area contributed by atoms with Crippen LogP contribution < -0.4 is 15.4 Å². The normalized spacial score (nSPS) is 11.6. The summed E-state index contributed by atoms with van der Waals surface area (Å²) in [5, 5.41) is 7.63. The molecular formula is C17H24N4OS. The Balaban J connectivity index is 1.85. The molecular weight excluding hydrogens is 308 g/mol. The second-order valence-corrected chi connectivity index (χ2v) is 6.78. The van der Waals surface area contributed by atoms with Gasteiger partial charge in [0, 0.05) is 24.7 Å². The zero-order chi connectivity index (χ0) is 16.7. The smallest absolute Gasteiger partial charge is 0.191 e. The monoisotopic (exact) mass is 332 g/mol. The van der Waals surface area contributed by atoms with Gasteiger partial charge in [-0.2, -0.15) is 0 Å². The molecule has 0 aliphatic heterocycles. The van der Waals surface area contributed by atoms with Gasteiger partial charge < -0.3 is 15.4 Å². The lowest BCUT2D eigenvalue weighted by molar-refractivity contribution is 0.242. The Kier molecular flexibility index (Phi) is 6.40. The van der Waals surface area contributed by atoms with Crippen LogP contribution in [0.15, 0.2) is 35.5 Å². The molecule has 2 rings (SSSR count). The number of guanidine groups is 1. The van der Waals surface area contributed by atoms with Crippen molar-refractivity contribution in [2.75, 3.05) is 7.05 Å². The Bertz CT molecular complexity index is 652. The molecule has 0 saturated carbocycles. The van der Waals surface area contributed by atoms with E-state index in [1.807, 2.05) is 38.2 Å². The van der Waals surface area contributed by atoms with E-state index in [-0.39, 0.29) is 6.10 Å². The van der Waals surface area contributed by atoms with Crippen LogP contribution in [0.5, 0.6) is 5.75 Å². The van der Waals surface area contributed by atoms with E-state index in [2.05, 4.69) is 33.6 Å². The van der Waals surface area contributed by atoms with Crippen molar-refractivity contribution >= 4 is 17.3 Å². The maximum Gasteiger partial charge on any atom is 0.191 e. The molecule has 5 nitrogen and oxygen atoms in total. The fraction of sp³-hybridized carbons (Fsp3) is 0.412. The predicted molar refractivity (Wildman–Crippen MR) is 96.1 cm³/mol. The van der Waals surface area contributed by atoms with Crippen molar-refractivity contribution in [3.8, 4) is 5.75 Å². The van der Waals surface area contributed by atoms with Crippen molar-refractivity contribution in [2.45, 2.75) is 40.0 Å². The minimum Gasteiger partial charge on any atom is -0.491 e. The molecule has 6 heteroatoms. The Labute approximate surface area is 141 Å². The summed E-state index contributed by atoms with van der Waals surface area (Å²) in [6.07, 6.45) is 2.06. The molecule has 2 aromatic rings.